The molecule has 1 aromatic heterocycles. The van der Waals surface area contributed by atoms with Gasteiger partial charge in [-0.3, -0.25) is 19.3 Å². The molecule has 0 saturated carbocycles. The van der Waals surface area contributed by atoms with Crippen molar-refractivity contribution in [1.29, 1.82) is 0 Å². The largest absolute Gasteiger partial charge is 0.391 e. The minimum absolute atomic E-state index is 0.152. The number of primary amides is 1. The normalized spacial score (nSPS) is 24.5. The molecule has 204 valence electrons. The average Bonchev–Trinajstić information content (AvgIpc) is 3.38. The van der Waals surface area contributed by atoms with Gasteiger partial charge in [-0.1, -0.05) is 12.1 Å². The number of nitrogens with one attached hydrogen (secondary N) is 1. The Bertz CT molecular complexity index is 1420. The second-order valence-corrected chi connectivity index (χ2v) is 13.5. The Labute approximate surface area is 224 Å². The summed E-state index contributed by atoms with van der Waals surface area (Å²) in [6.07, 6.45) is -1.26. The Balaban J connectivity index is 1.57. The number of benzene rings is 1. The van der Waals surface area contributed by atoms with Crippen LogP contribution < -0.4 is 11.1 Å². The molecule has 2 fully saturated rings. The number of amides is 5. The van der Waals surface area contributed by atoms with Gasteiger partial charge in [0, 0.05) is 22.5 Å². The van der Waals surface area contributed by atoms with Crippen LogP contribution >= 0.6 is 11.3 Å². The van der Waals surface area contributed by atoms with Gasteiger partial charge in [-0.05, 0) is 56.5 Å². The third-order valence-corrected chi connectivity index (χ3v) is 11.3. The highest BCUT2D eigenvalue weighted by atomic mass is 32.2. The second kappa shape index (κ2) is 9.79. The fourth-order valence-corrected chi connectivity index (χ4v) is 8.74. The van der Waals surface area contributed by atoms with Crippen molar-refractivity contribution in [3.05, 3.63) is 41.3 Å². The van der Waals surface area contributed by atoms with Crippen LogP contribution in [0.5, 0.6) is 0 Å². The molecule has 0 radical (unpaired) electrons. The Morgan fingerprint density at radius 3 is 2.53 bits per heavy atom. The van der Waals surface area contributed by atoms with Crippen LogP contribution in [-0.2, 0) is 29.0 Å². The second-order valence-electron chi connectivity index (χ2n) is 10.1. The van der Waals surface area contributed by atoms with E-state index in [1.807, 2.05) is 0 Å². The smallest absolute Gasteiger partial charge is 0.327 e. The molecule has 2 saturated heterocycles. The third kappa shape index (κ3) is 4.58. The number of anilines is 1. The first-order chi connectivity index (χ1) is 17.7. The fraction of sp³-hybridized carbons (Fsp3) is 0.440. The van der Waals surface area contributed by atoms with Gasteiger partial charge in [0.15, 0.2) is 9.84 Å². The van der Waals surface area contributed by atoms with Crippen molar-refractivity contribution in [1.82, 2.24) is 9.80 Å². The van der Waals surface area contributed by atoms with Crippen LogP contribution in [0.3, 0.4) is 0 Å². The Morgan fingerprint density at radius 1 is 1.21 bits per heavy atom. The summed E-state index contributed by atoms with van der Waals surface area (Å²) in [6, 6.07) is 9.50. The highest BCUT2D eigenvalue weighted by molar-refractivity contribution is 7.92. The number of aliphatic hydroxyl groups excluding tert-OH is 1. The summed E-state index contributed by atoms with van der Waals surface area (Å²) >= 11 is 1.13. The molecule has 11 nitrogen and oxygen atoms in total. The number of carbonyl (C=O) groups is 4. The SMILES string of the molecule is CN1C(=O)N(CC(=O)Nc2cccc(-c3ccc([C@]4(CC(N)=O)C(O)CCCS4(=O)=O)s3)c2)C(=O)C1(C)C. The maximum atomic E-state index is 13.2. The first kappa shape index (κ1) is 27.7. The predicted octanol–water partition coefficient (Wildman–Crippen LogP) is 1.67. The van der Waals surface area contributed by atoms with E-state index in [-0.39, 0.29) is 12.2 Å². The summed E-state index contributed by atoms with van der Waals surface area (Å²) in [4.78, 5) is 52.7. The molecule has 2 aliphatic heterocycles. The van der Waals surface area contributed by atoms with Crippen molar-refractivity contribution >= 4 is 50.6 Å². The van der Waals surface area contributed by atoms with Crippen LogP contribution in [0.25, 0.3) is 10.4 Å². The van der Waals surface area contributed by atoms with E-state index in [1.54, 1.807) is 50.2 Å². The number of thiophene rings is 1. The molecule has 2 atom stereocenters. The van der Waals surface area contributed by atoms with Gasteiger partial charge in [-0.2, -0.15) is 0 Å². The lowest BCUT2D eigenvalue weighted by atomic mass is 9.91. The number of imide groups is 1. The summed E-state index contributed by atoms with van der Waals surface area (Å²) in [6.45, 7) is 2.77. The van der Waals surface area contributed by atoms with Gasteiger partial charge in [0.1, 0.15) is 16.8 Å². The number of aliphatic hydroxyl groups is 1. The molecule has 3 heterocycles. The fourth-order valence-electron chi connectivity index (χ4n) is 4.92. The Kier molecular flexibility index (Phi) is 7.14. The minimum atomic E-state index is -3.87. The summed E-state index contributed by atoms with van der Waals surface area (Å²) in [5.74, 6) is -2.00. The standard InChI is InChI=1S/C25H30N4O7S2/c1-24(2)22(33)29(23(34)28(24)3)14-21(32)27-16-7-4-6-15(12-16)17-9-10-19(37-17)25(13-20(26)31)18(30)8-5-11-38(25,35)36/h4,6-7,9-10,12,18,30H,5,8,11,13-14H2,1-3H3,(H2,26,31)(H,27,32)/t18?,25-/m0/s1. The van der Waals surface area contributed by atoms with Gasteiger partial charge < -0.3 is 21.1 Å². The van der Waals surface area contributed by atoms with Crippen LogP contribution in [-0.4, -0.2) is 78.1 Å². The molecular weight excluding hydrogens is 532 g/mol. The van der Waals surface area contributed by atoms with Gasteiger partial charge in [-0.15, -0.1) is 11.3 Å². The number of likely N-dealkylation sites (N-methyl/N-ethyl adjacent to an activating group) is 1. The molecule has 2 aromatic rings. The molecule has 38 heavy (non-hydrogen) atoms. The molecule has 4 rings (SSSR count). The van der Waals surface area contributed by atoms with E-state index in [9.17, 15) is 32.7 Å². The molecule has 2 aliphatic rings. The Hall–Kier alpha value is -3.29. The van der Waals surface area contributed by atoms with Gasteiger partial charge in [0.2, 0.25) is 11.8 Å². The maximum Gasteiger partial charge on any atom is 0.327 e. The number of urea groups is 1. The zero-order valence-corrected chi connectivity index (χ0v) is 22.9. The van der Waals surface area contributed by atoms with E-state index in [0.29, 0.717) is 27.4 Å². The molecular formula is C25H30N4O7S2. The van der Waals surface area contributed by atoms with Crippen LogP contribution in [0.15, 0.2) is 36.4 Å². The minimum Gasteiger partial charge on any atom is -0.391 e. The van der Waals surface area contributed by atoms with Crippen LogP contribution in [0, 0.1) is 0 Å². The molecule has 1 unspecified atom stereocenters. The van der Waals surface area contributed by atoms with Crippen molar-refractivity contribution in [3.63, 3.8) is 0 Å². The number of hydrogen-bond acceptors (Lipinski definition) is 8. The summed E-state index contributed by atoms with van der Waals surface area (Å²) < 4.78 is 24.5. The lowest BCUT2D eigenvalue weighted by Gasteiger charge is -2.39. The number of carbonyl (C=O) groups excluding carboxylic acids is 4. The summed E-state index contributed by atoms with van der Waals surface area (Å²) in [5, 5.41) is 13.5. The lowest BCUT2D eigenvalue weighted by Crippen LogP contribution is -2.52. The van der Waals surface area contributed by atoms with Crippen LogP contribution in [0.4, 0.5) is 10.5 Å². The lowest BCUT2D eigenvalue weighted by molar-refractivity contribution is -0.134. The highest BCUT2D eigenvalue weighted by Crippen LogP contribution is 2.47. The first-order valence-electron chi connectivity index (χ1n) is 12.0. The van der Waals surface area contributed by atoms with E-state index in [1.165, 1.54) is 11.9 Å². The van der Waals surface area contributed by atoms with Crippen LogP contribution in [0.1, 0.15) is 38.0 Å². The van der Waals surface area contributed by atoms with E-state index in [4.69, 9.17) is 5.73 Å². The van der Waals surface area contributed by atoms with Gasteiger partial charge >= 0.3 is 6.03 Å². The van der Waals surface area contributed by atoms with E-state index < -0.39 is 62.9 Å². The first-order valence-corrected chi connectivity index (χ1v) is 14.5. The summed E-state index contributed by atoms with van der Waals surface area (Å²) in [5.41, 5.74) is 5.44. The number of nitrogens with two attached hydrogens (primary N) is 1. The van der Waals surface area contributed by atoms with Crippen molar-refractivity contribution < 1.29 is 32.7 Å². The van der Waals surface area contributed by atoms with Gasteiger partial charge in [0.25, 0.3) is 5.91 Å². The number of nitrogens with zero attached hydrogens (tertiary/aromatic N) is 2. The van der Waals surface area contributed by atoms with Gasteiger partial charge in [-0.25, -0.2) is 13.2 Å². The van der Waals surface area contributed by atoms with Crippen molar-refractivity contribution in [3.8, 4) is 10.4 Å². The topological polar surface area (TPSA) is 167 Å². The molecule has 13 heteroatoms. The van der Waals surface area contributed by atoms with Crippen LogP contribution in [0.2, 0.25) is 0 Å². The number of hydrogen-bond donors (Lipinski definition) is 3. The number of sulfone groups is 1. The van der Waals surface area contributed by atoms with Crippen molar-refractivity contribution in [2.45, 2.75) is 49.5 Å². The third-order valence-electron chi connectivity index (χ3n) is 7.30. The van der Waals surface area contributed by atoms with Crippen molar-refractivity contribution in [2.75, 3.05) is 24.7 Å². The van der Waals surface area contributed by atoms with Gasteiger partial charge in [0.05, 0.1) is 18.3 Å². The summed E-state index contributed by atoms with van der Waals surface area (Å²) in [7, 11) is -2.37. The predicted molar refractivity (Wildman–Crippen MR) is 142 cm³/mol. The zero-order chi connectivity index (χ0) is 28.0. The quantitative estimate of drug-likeness (QED) is 0.431. The molecule has 1 aromatic carbocycles. The van der Waals surface area contributed by atoms with Crippen molar-refractivity contribution in [2.24, 2.45) is 5.73 Å². The molecule has 5 amide bonds. The van der Waals surface area contributed by atoms with E-state index >= 15 is 0 Å². The monoisotopic (exact) mass is 562 g/mol. The average molecular weight is 563 g/mol. The molecule has 0 spiro atoms. The number of rotatable bonds is 7. The zero-order valence-electron chi connectivity index (χ0n) is 21.3. The molecule has 0 aliphatic carbocycles. The maximum absolute atomic E-state index is 13.2. The highest BCUT2D eigenvalue weighted by Gasteiger charge is 2.55. The van der Waals surface area contributed by atoms with E-state index in [2.05, 4.69) is 5.32 Å². The Morgan fingerprint density at radius 2 is 1.92 bits per heavy atom. The molecule has 0 bridgehead atoms. The van der Waals surface area contributed by atoms with E-state index in [0.717, 1.165) is 16.2 Å². The molecule has 4 N–H and O–H groups in total.